The van der Waals surface area contributed by atoms with Crippen LogP contribution >= 0.6 is 0 Å². The Labute approximate surface area is 224 Å². The number of carbonyl (C=O) groups excluding carboxylic acids is 2. The maximum absolute atomic E-state index is 13.3. The topological polar surface area (TPSA) is 91.5 Å². The molecule has 4 saturated carbocycles. The summed E-state index contributed by atoms with van der Waals surface area (Å²) in [6.07, 6.45) is 10.9. The Morgan fingerprint density at radius 3 is 2.39 bits per heavy atom. The van der Waals surface area contributed by atoms with Crippen molar-refractivity contribution in [3.8, 4) is 6.07 Å². The van der Waals surface area contributed by atoms with Gasteiger partial charge in [-0.2, -0.15) is 5.26 Å². The third-order valence-electron chi connectivity index (χ3n) is 9.48. The molecule has 0 radical (unpaired) electrons. The van der Waals surface area contributed by atoms with Crippen LogP contribution in [0.25, 0.3) is 0 Å². The third kappa shape index (κ3) is 5.09. The number of esters is 1. The molecule has 7 rings (SSSR count). The number of piperazine rings is 1. The lowest BCUT2D eigenvalue weighted by molar-refractivity contribution is -0.176. The summed E-state index contributed by atoms with van der Waals surface area (Å²) in [5, 5.41) is 9.03. The van der Waals surface area contributed by atoms with E-state index < -0.39 is 0 Å². The first-order chi connectivity index (χ1) is 18.4. The van der Waals surface area contributed by atoms with E-state index in [4.69, 9.17) is 10.00 Å². The molecule has 1 atom stereocenters. The van der Waals surface area contributed by atoms with E-state index in [-0.39, 0.29) is 23.4 Å². The molecule has 4 bridgehead atoms. The molecule has 5 fully saturated rings. The highest BCUT2D eigenvalue weighted by Crippen LogP contribution is 2.61. The van der Waals surface area contributed by atoms with Gasteiger partial charge in [0.2, 0.25) is 5.91 Å². The number of hydrogen-bond acceptors (Lipinski definition) is 6. The molecule has 8 nitrogen and oxygen atoms in total. The highest BCUT2D eigenvalue weighted by Gasteiger charge is 2.55. The maximum atomic E-state index is 13.3. The van der Waals surface area contributed by atoms with E-state index in [0.717, 1.165) is 54.8 Å². The van der Waals surface area contributed by atoms with Crippen molar-refractivity contribution in [1.82, 2.24) is 19.4 Å². The SMILES string of the molecule is CC(=O)OC(CN1CCN(Cc2cncn2Cc2ccc(C#N)cc2)CC1=O)C12CC3CC(CC(C3)C1)C2. The summed E-state index contributed by atoms with van der Waals surface area (Å²) in [6, 6.07) is 9.75. The Hall–Kier alpha value is -3.18. The van der Waals surface area contributed by atoms with Crippen LogP contribution in [0.15, 0.2) is 36.8 Å². The van der Waals surface area contributed by atoms with Crippen LogP contribution in [-0.4, -0.2) is 63.5 Å². The lowest BCUT2D eigenvalue weighted by Gasteiger charge is -2.59. The minimum Gasteiger partial charge on any atom is -0.460 e. The van der Waals surface area contributed by atoms with Gasteiger partial charge in [-0.3, -0.25) is 14.5 Å². The van der Waals surface area contributed by atoms with Gasteiger partial charge >= 0.3 is 5.97 Å². The van der Waals surface area contributed by atoms with Crippen molar-refractivity contribution >= 4 is 11.9 Å². The number of imidazole rings is 1. The second kappa shape index (κ2) is 10.2. The van der Waals surface area contributed by atoms with Gasteiger partial charge in [-0.1, -0.05) is 12.1 Å². The van der Waals surface area contributed by atoms with Gasteiger partial charge in [-0.25, -0.2) is 4.98 Å². The summed E-state index contributed by atoms with van der Waals surface area (Å²) in [7, 11) is 0. The predicted molar refractivity (Wildman–Crippen MR) is 141 cm³/mol. The molecule has 2 aromatic rings. The molecule has 1 aliphatic heterocycles. The number of rotatable bonds is 8. The number of hydrogen-bond donors (Lipinski definition) is 0. The van der Waals surface area contributed by atoms with Gasteiger partial charge in [-0.15, -0.1) is 0 Å². The largest absolute Gasteiger partial charge is 0.460 e. The third-order valence-corrected chi connectivity index (χ3v) is 9.48. The number of aromatic nitrogens is 2. The van der Waals surface area contributed by atoms with Crippen LogP contribution < -0.4 is 0 Å². The second-order valence-corrected chi connectivity index (χ2v) is 12.3. The highest BCUT2D eigenvalue weighted by atomic mass is 16.5. The van der Waals surface area contributed by atoms with E-state index in [1.165, 1.54) is 26.2 Å². The summed E-state index contributed by atoms with van der Waals surface area (Å²) in [4.78, 5) is 33.9. The molecule has 38 heavy (non-hydrogen) atoms. The number of ether oxygens (including phenoxy) is 1. The highest BCUT2D eigenvalue weighted by molar-refractivity contribution is 5.79. The van der Waals surface area contributed by atoms with Gasteiger partial charge in [-0.05, 0) is 74.0 Å². The van der Waals surface area contributed by atoms with E-state index in [1.807, 2.05) is 41.7 Å². The van der Waals surface area contributed by atoms with Crippen LogP contribution in [0.1, 0.15) is 62.3 Å². The fraction of sp³-hybridized carbons (Fsp3) is 0.600. The molecule has 8 heteroatoms. The summed E-state index contributed by atoms with van der Waals surface area (Å²) >= 11 is 0. The van der Waals surface area contributed by atoms with Gasteiger partial charge in [0, 0.05) is 44.7 Å². The van der Waals surface area contributed by atoms with Gasteiger partial charge < -0.3 is 14.2 Å². The molecule has 1 amide bonds. The zero-order chi connectivity index (χ0) is 26.3. The number of carbonyl (C=O) groups is 2. The van der Waals surface area contributed by atoms with Crippen molar-refractivity contribution in [3.05, 3.63) is 53.6 Å². The smallest absolute Gasteiger partial charge is 0.302 e. The van der Waals surface area contributed by atoms with E-state index >= 15 is 0 Å². The molecule has 2 heterocycles. The fourth-order valence-electron chi connectivity index (χ4n) is 8.15. The second-order valence-electron chi connectivity index (χ2n) is 12.3. The first kappa shape index (κ1) is 25.1. The molecular formula is C30H37N5O3. The number of benzene rings is 1. The Kier molecular flexibility index (Phi) is 6.73. The summed E-state index contributed by atoms with van der Waals surface area (Å²) in [5.41, 5.74) is 2.86. The van der Waals surface area contributed by atoms with Gasteiger partial charge in [0.05, 0.1) is 36.7 Å². The molecule has 1 unspecified atom stereocenters. The van der Waals surface area contributed by atoms with Crippen LogP contribution in [-0.2, 0) is 27.4 Å². The first-order valence-electron chi connectivity index (χ1n) is 14.0. The zero-order valence-electron chi connectivity index (χ0n) is 22.2. The summed E-state index contributed by atoms with van der Waals surface area (Å²) < 4.78 is 8.11. The molecule has 5 aliphatic rings. The molecule has 0 spiro atoms. The Balaban J connectivity index is 1.08. The number of amides is 1. The van der Waals surface area contributed by atoms with Crippen LogP contribution in [0.2, 0.25) is 0 Å². The van der Waals surface area contributed by atoms with Crippen LogP contribution in [0, 0.1) is 34.5 Å². The standard InChI is InChI=1S/C30H37N5O3/c1-21(36)38-28(30-11-24-8-25(12-30)10-26(9-24)13-30)18-34-7-6-33(19-29(34)37)17-27-15-32-20-35(27)16-23-4-2-22(14-31)3-5-23/h2-5,15,20,24-26,28H,6-13,16-19H2,1H3. The summed E-state index contributed by atoms with van der Waals surface area (Å²) in [6.45, 7) is 5.13. The molecule has 1 aromatic heterocycles. The van der Waals surface area contributed by atoms with Crippen molar-refractivity contribution in [1.29, 1.82) is 5.26 Å². The number of nitriles is 1. The Morgan fingerprint density at radius 2 is 1.79 bits per heavy atom. The van der Waals surface area contributed by atoms with E-state index in [0.29, 0.717) is 38.3 Å². The molecule has 200 valence electrons. The van der Waals surface area contributed by atoms with Crippen LogP contribution in [0.3, 0.4) is 0 Å². The normalized spacial score (nSPS) is 29.3. The molecule has 1 saturated heterocycles. The average molecular weight is 516 g/mol. The van der Waals surface area contributed by atoms with Gasteiger partial charge in [0.15, 0.2) is 0 Å². The maximum Gasteiger partial charge on any atom is 0.302 e. The lowest BCUT2D eigenvalue weighted by atomic mass is 9.48. The van der Waals surface area contributed by atoms with Crippen molar-refractivity contribution in [2.75, 3.05) is 26.2 Å². The van der Waals surface area contributed by atoms with E-state index in [9.17, 15) is 9.59 Å². The van der Waals surface area contributed by atoms with E-state index in [2.05, 4.69) is 20.5 Å². The number of nitrogens with zero attached hydrogens (tertiary/aromatic N) is 5. The zero-order valence-corrected chi connectivity index (χ0v) is 22.2. The Bertz CT molecular complexity index is 1190. The molecule has 0 N–H and O–H groups in total. The summed E-state index contributed by atoms with van der Waals surface area (Å²) in [5.74, 6) is 2.17. The molecule has 1 aromatic carbocycles. The van der Waals surface area contributed by atoms with Crippen molar-refractivity contribution in [2.24, 2.45) is 23.2 Å². The lowest BCUT2D eigenvalue weighted by Crippen LogP contribution is -2.58. The van der Waals surface area contributed by atoms with Crippen molar-refractivity contribution in [3.63, 3.8) is 0 Å². The monoisotopic (exact) mass is 515 g/mol. The Morgan fingerprint density at radius 1 is 1.11 bits per heavy atom. The van der Waals surface area contributed by atoms with Crippen LogP contribution in [0.5, 0.6) is 0 Å². The fourth-order valence-corrected chi connectivity index (χ4v) is 8.15. The molecular weight excluding hydrogens is 478 g/mol. The quantitative estimate of drug-likeness (QED) is 0.499. The van der Waals surface area contributed by atoms with Crippen molar-refractivity contribution in [2.45, 2.75) is 64.6 Å². The van der Waals surface area contributed by atoms with E-state index in [1.54, 1.807) is 0 Å². The average Bonchev–Trinajstić information content (AvgIpc) is 3.30. The first-order valence-corrected chi connectivity index (χ1v) is 14.0. The predicted octanol–water partition coefficient (Wildman–Crippen LogP) is 3.60. The van der Waals surface area contributed by atoms with Crippen LogP contribution in [0.4, 0.5) is 0 Å². The van der Waals surface area contributed by atoms with Gasteiger partial charge in [0.25, 0.3) is 0 Å². The molecule has 4 aliphatic carbocycles. The minimum atomic E-state index is -0.229. The van der Waals surface area contributed by atoms with Gasteiger partial charge in [0.1, 0.15) is 6.10 Å². The minimum absolute atomic E-state index is 0.0514. The van der Waals surface area contributed by atoms with Crippen molar-refractivity contribution < 1.29 is 14.3 Å².